The maximum atomic E-state index is 11.9. The quantitative estimate of drug-likeness (QED) is 0.891. The number of nitrogens with two attached hydrogens (primary N) is 1. The van der Waals surface area contributed by atoms with Crippen LogP contribution in [0.1, 0.15) is 13.8 Å². The first-order valence-corrected chi connectivity index (χ1v) is 6.94. The van der Waals surface area contributed by atoms with Gasteiger partial charge in [0.25, 0.3) is 0 Å². The molecule has 1 aliphatic rings. The molecule has 1 aromatic carbocycles. The van der Waals surface area contributed by atoms with Gasteiger partial charge in [-0.15, -0.1) is 0 Å². The summed E-state index contributed by atoms with van der Waals surface area (Å²) in [5.74, 6) is 1.16. The van der Waals surface area contributed by atoms with Crippen molar-refractivity contribution in [2.45, 2.75) is 19.9 Å². The Kier molecular flexibility index (Phi) is 4.31. The fourth-order valence-corrected chi connectivity index (χ4v) is 2.10. The largest absolute Gasteiger partial charge is 0.486 e. The number of carbonyl (C=O) groups is 1. The average Bonchev–Trinajstić information content (AvgIpc) is 2.38. The van der Waals surface area contributed by atoms with E-state index in [4.69, 9.17) is 15.2 Å². The molecule has 1 aromatic rings. The molecule has 0 fully saturated rings. The Morgan fingerprint density at radius 2 is 1.89 bits per heavy atom. The highest BCUT2D eigenvalue weighted by Crippen LogP contribution is 2.38. The first kappa shape index (κ1) is 14.1. The second-order valence-corrected chi connectivity index (χ2v) is 5.59. The van der Waals surface area contributed by atoms with E-state index in [0.717, 1.165) is 4.47 Å². The fraction of sp³-hybridized carbons (Fsp3) is 0.462. The maximum Gasteiger partial charge on any atom is 0.241 e. The second-order valence-electron chi connectivity index (χ2n) is 4.73. The highest BCUT2D eigenvalue weighted by molar-refractivity contribution is 9.10. The molecular weight excluding hydrogens is 312 g/mol. The van der Waals surface area contributed by atoms with Gasteiger partial charge in [-0.05, 0) is 21.8 Å². The SMILES string of the molecule is CC(C)[C@H](N)C(=O)Nc1cc2c(cc1Br)OCCO2. The fourth-order valence-electron chi connectivity index (χ4n) is 1.68. The number of fused-ring (bicyclic) bond motifs is 1. The zero-order valence-corrected chi connectivity index (χ0v) is 12.5. The molecule has 5 nitrogen and oxygen atoms in total. The Morgan fingerprint density at radius 3 is 2.47 bits per heavy atom. The van der Waals surface area contributed by atoms with Crippen LogP contribution < -0.4 is 20.5 Å². The zero-order valence-electron chi connectivity index (χ0n) is 10.9. The lowest BCUT2D eigenvalue weighted by Crippen LogP contribution is -2.39. The van der Waals surface area contributed by atoms with Gasteiger partial charge in [0, 0.05) is 16.6 Å². The van der Waals surface area contributed by atoms with E-state index in [9.17, 15) is 4.79 Å². The number of amides is 1. The molecule has 1 heterocycles. The molecule has 1 aliphatic heterocycles. The van der Waals surface area contributed by atoms with Crippen LogP contribution >= 0.6 is 15.9 Å². The predicted octanol–water partition coefficient (Wildman–Crippen LogP) is 2.14. The maximum absolute atomic E-state index is 11.9. The molecule has 2 rings (SSSR count). The number of hydrogen-bond acceptors (Lipinski definition) is 4. The van der Waals surface area contributed by atoms with Gasteiger partial charge in [0.1, 0.15) is 13.2 Å². The smallest absolute Gasteiger partial charge is 0.241 e. The van der Waals surface area contributed by atoms with Crippen LogP contribution in [0.2, 0.25) is 0 Å². The van der Waals surface area contributed by atoms with Gasteiger partial charge >= 0.3 is 0 Å². The van der Waals surface area contributed by atoms with Crippen LogP contribution in [0.5, 0.6) is 11.5 Å². The molecule has 0 aromatic heterocycles. The molecule has 0 unspecified atom stereocenters. The minimum atomic E-state index is -0.542. The van der Waals surface area contributed by atoms with Crippen molar-refractivity contribution in [3.63, 3.8) is 0 Å². The third-order valence-corrected chi connectivity index (χ3v) is 3.57. The molecule has 1 atom stereocenters. The van der Waals surface area contributed by atoms with Crippen molar-refractivity contribution in [3.8, 4) is 11.5 Å². The Bertz CT molecular complexity index is 491. The first-order valence-electron chi connectivity index (χ1n) is 6.14. The van der Waals surface area contributed by atoms with Crippen LogP contribution in [-0.4, -0.2) is 25.2 Å². The van der Waals surface area contributed by atoms with Crippen LogP contribution in [-0.2, 0) is 4.79 Å². The van der Waals surface area contributed by atoms with E-state index >= 15 is 0 Å². The van der Waals surface area contributed by atoms with Crippen LogP contribution in [0.25, 0.3) is 0 Å². The average molecular weight is 329 g/mol. The summed E-state index contributed by atoms with van der Waals surface area (Å²) < 4.78 is 11.7. The van der Waals surface area contributed by atoms with Crippen molar-refractivity contribution in [1.29, 1.82) is 0 Å². The van der Waals surface area contributed by atoms with Crippen molar-refractivity contribution in [3.05, 3.63) is 16.6 Å². The van der Waals surface area contributed by atoms with Crippen LogP contribution in [0, 0.1) is 5.92 Å². The molecule has 1 amide bonds. The molecule has 0 radical (unpaired) electrons. The zero-order chi connectivity index (χ0) is 14.0. The molecule has 0 aliphatic carbocycles. The van der Waals surface area contributed by atoms with Crippen molar-refractivity contribution >= 4 is 27.5 Å². The minimum Gasteiger partial charge on any atom is -0.486 e. The lowest BCUT2D eigenvalue weighted by Gasteiger charge is -2.21. The standard InChI is InChI=1S/C13H17BrN2O3/c1-7(2)12(15)13(17)16-9-6-11-10(5-8(9)14)18-3-4-19-11/h5-7,12H,3-4,15H2,1-2H3,(H,16,17)/t12-/m0/s1. The monoisotopic (exact) mass is 328 g/mol. The highest BCUT2D eigenvalue weighted by Gasteiger charge is 2.20. The Labute approximate surface area is 120 Å². The van der Waals surface area contributed by atoms with Crippen LogP contribution in [0.15, 0.2) is 16.6 Å². The van der Waals surface area contributed by atoms with E-state index in [1.54, 1.807) is 12.1 Å². The Balaban J connectivity index is 2.19. The Hall–Kier alpha value is -1.27. The lowest BCUT2D eigenvalue weighted by atomic mass is 10.0. The molecule has 0 saturated heterocycles. The lowest BCUT2D eigenvalue weighted by molar-refractivity contribution is -0.118. The highest BCUT2D eigenvalue weighted by atomic mass is 79.9. The summed E-state index contributed by atoms with van der Waals surface area (Å²) in [5, 5.41) is 2.80. The molecule has 0 bridgehead atoms. The Morgan fingerprint density at radius 1 is 1.32 bits per heavy atom. The van der Waals surface area contributed by atoms with Crippen molar-refractivity contribution in [2.75, 3.05) is 18.5 Å². The number of benzene rings is 1. The summed E-state index contributed by atoms with van der Waals surface area (Å²) >= 11 is 3.40. The number of halogens is 1. The molecule has 3 N–H and O–H groups in total. The van der Waals surface area contributed by atoms with Crippen molar-refractivity contribution in [2.24, 2.45) is 11.7 Å². The summed E-state index contributed by atoms with van der Waals surface area (Å²) in [4.78, 5) is 11.9. The predicted molar refractivity (Wildman–Crippen MR) is 76.6 cm³/mol. The van der Waals surface area contributed by atoms with E-state index in [-0.39, 0.29) is 11.8 Å². The topological polar surface area (TPSA) is 73.6 Å². The van der Waals surface area contributed by atoms with E-state index in [1.807, 2.05) is 13.8 Å². The van der Waals surface area contributed by atoms with Crippen LogP contribution in [0.3, 0.4) is 0 Å². The number of rotatable bonds is 3. The molecule has 19 heavy (non-hydrogen) atoms. The van der Waals surface area contributed by atoms with Gasteiger partial charge in [0.05, 0.1) is 11.7 Å². The molecule has 104 valence electrons. The van der Waals surface area contributed by atoms with Gasteiger partial charge in [0.15, 0.2) is 11.5 Å². The van der Waals surface area contributed by atoms with Crippen molar-refractivity contribution < 1.29 is 14.3 Å². The molecule has 6 heteroatoms. The molecule has 0 saturated carbocycles. The molecular formula is C13H17BrN2O3. The summed E-state index contributed by atoms with van der Waals surface area (Å²) in [5.41, 5.74) is 6.44. The third-order valence-electron chi connectivity index (χ3n) is 2.91. The normalized spacial score (nSPS) is 15.2. The summed E-state index contributed by atoms with van der Waals surface area (Å²) in [7, 11) is 0. The number of ether oxygens (including phenoxy) is 2. The summed E-state index contributed by atoms with van der Waals surface area (Å²) in [6, 6.07) is 2.98. The van der Waals surface area contributed by atoms with Gasteiger partial charge in [-0.1, -0.05) is 13.8 Å². The molecule has 0 spiro atoms. The second kappa shape index (κ2) is 5.79. The minimum absolute atomic E-state index is 0.0796. The van der Waals surface area contributed by atoms with Gasteiger partial charge in [-0.25, -0.2) is 0 Å². The van der Waals surface area contributed by atoms with Gasteiger partial charge in [0.2, 0.25) is 5.91 Å². The summed E-state index contributed by atoms with van der Waals surface area (Å²) in [6.07, 6.45) is 0. The van der Waals surface area contributed by atoms with E-state index in [0.29, 0.717) is 30.4 Å². The number of carbonyl (C=O) groups excluding carboxylic acids is 1. The van der Waals surface area contributed by atoms with Gasteiger partial charge in [-0.2, -0.15) is 0 Å². The van der Waals surface area contributed by atoms with Gasteiger partial charge in [-0.3, -0.25) is 4.79 Å². The summed E-state index contributed by atoms with van der Waals surface area (Å²) in [6.45, 7) is 4.85. The van der Waals surface area contributed by atoms with Crippen LogP contribution in [0.4, 0.5) is 5.69 Å². The van der Waals surface area contributed by atoms with Gasteiger partial charge < -0.3 is 20.5 Å². The van der Waals surface area contributed by atoms with E-state index in [1.165, 1.54) is 0 Å². The van der Waals surface area contributed by atoms with Crippen molar-refractivity contribution in [1.82, 2.24) is 0 Å². The first-order chi connectivity index (χ1) is 8.99. The number of nitrogens with one attached hydrogen (secondary N) is 1. The number of hydrogen-bond donors (Lipinski definition) is 2. The van der Waals surface area contributed by atoms with E-state index in [2.05, 4.69) is 21.2 Å². The number of anilines is 1. The van der Waals surface area contributed by atoms with E-state index < -0.39 is 6.04 Å². The third kappa shape index (κ3) is 3.19.